The largest absolute Gasteiger partial charge is 0.361 e. The van der Waals surface area contributed by atoms with E-state index < -0.39 is 0 Å². The minimum absolute atomic E-state index is 0.0135. The van der Waals surface area contributed by atoms with Crippen LogP contribution in [0.5, 0.6) is 0 Å². The molecule has 0 bridgehead atoms. The van der Waals surface area contributed by atoms with Gasteiger partial charge in [-0.05, 0) is 24.1 Å². The quantitative estimate of drug-likeness (QED) is 0.786. The maximum Gasteiger partial charge on any atom is 0.182 e. The van der Waals surface area contributed by atoms with Gasteiger partial charge in [0.2, 0.25) is 0 Å². The molecule has 76 valence electrons. The molecule has 3 heteroatoms. The molecule has 0 spiro atoms. The molecule has 0 aliphatic heterocycles. The first-order chi connectivity index (χ1) is 7.16. The van der Waals surface area contributed by atoms with Crippen LogP contribution in [-0.2, 0) is 0 Å². The maximum absolute atomic E-state index is 11.2. The smallest absolute Gasteiger partial charge is 0.182 e. The van der Waals surface area contributed by atoms with E-state index in [1.807, 2.05) is 25.1 Å². The van der Waals surface area contributed by atoms with E-state index in [0.29, 0.717) is 5.02 Å². The molecule has 1 aromatic carbocycles. The van der Waals surface area contributed by atoms with E-state index in [9.17, 15) is 4.79 Å². The Labute approximate surface area is 92.5 Å². The van der Waals surface area contributed by atoms with Crippen LogP contribution in [0.25, 0.3) is 11.3 Å². The highest BCUT2D eigenvalue weighted by Crippen LogP contribution is 2.22. The van der Waals surface area contributed by atoms with Gasteiger partial charge < -0.3 is 4.98 Å². The summed E-state index contributed by atoms with van der Waals surface area (Å²) in [5, 5.41) is 0.706. The lowest BCUT2D eigenvalue weighted by Gasteiger charge is -2.03. The van der Waals surface area contributed by atoms with Crippen molar-refractivity contribution < 1.29 is 0 Å². The van der Waals surface area contributed by atoms with Gasteiger partial charge in [0, 0.05) is 29.0 Å². The predicted molar refractivity (Wildman–Crippen MR) is 62.2 cm³/mol. The fourth-order valence-electron chi connectivity index (χ4n) is 1.37. The second-order valence-corrected chi connectivity index (χ2v) is 3.81. The Morgan fingerprint density at radius 1 is 1.20 bits per heavy atom. The summed E-state index contributed by atoms with van der Waals surface area (Å²) in [5.74, 6) is 0. The summed E-state index contributed by atoms with van der Waals surface area (Å²) in [6, 6.07) is 8.76. The Kier molecular flexibility index (Phi) is 2.60. The number of hydrogen-bond acceptors (Lipinski definition) is 1. The van der Waals surface area contributed by atoms with Crippen molar-refractivity contribution in [3.8, 4) is 11.3 Å². The molecule has 15 heavy (non-hydrogen) atoms. The van der Waals surface area contributed by atoms with E-state index in [4.69, 9.17) is 11.6 Å². The Bertz CT molecular complexity index is 545. The van der Waals surface area contributed by atoms with E-state index in [1.165, 1.54) is 6.07 Å². The van der Waals surface area contributed by atoms with Crippen molar-refractivity contribution in [2.24, 2.45) is 0 Å². The van der Waals surface area contributed by atoms with Crippen LogP contribution in [0.1, 0.15) is 5.56 Å². The summed E-state index contributed by atoms with van der Waals surface area (Å²) >= 11 is 6.01. The van der Waals surface area contributed by atoms with Gasteiger partial charge in [0.15, 0.2) is 5.43 Å². The highest BCUT2D eigenvalue weighted by molar-refractivity contribution is 6.31. The van der Waals surface area contributed by atoms with Crippen LogP contribution in [0.2, 0.25) is 5.02 Å². The molecule has 0 radical (unpaired) electrons. The topological polar surface area (TPSA) is 32.9 Å². The van der Waals surface area contributed by atoms with E-state index >= 15 is 0 Å². The second-order valence-electron chi connectivity index (χ2n) is 3.40. The zero-order valence-corrected chi connectivity index (χ0v) is 9.01. The normalized spacial score (nSPS) is 10.3. The Morgan fingerprint density at radius 3 is 2.67 bits per heavy atom. The van der Waals surface area contributed by atoms with Crippen molar-refractivity contribution in [3.05, 3.63) is 57.3 Å². The number of aryl methyl sites for hydroxylation is 1. The number of pyridine rings is 1. The molecule has 0 saturated heterocycles. The molecule has 2 aromatic rings. The molecular weight excluding hydrogens is 210 g/mol. The maximum atomic E-state index is 11.2. The number of nitrogens with one attached hydrogen (secondary N) is 1. The molecule has 2 nitrogen and oxygen atoms in total. The molecule has 0 atom stereocenters. The van der Waals surface area contributed by atoms with Crippen molar-refractivity contribution in [2.75, 3.05) is 0 Å². The van der Waals surface area contributed by atoms with Gasteiger partial charge in [0.25, 0.3) is 0 Å². The van der Waals surface area contributed by atoms with Crippen molar-refractivity contribution in [2.45, 2.75) is 6.92 Å². The van der Waals surface area contributed by atoms with Crippen molar-refractivity contribution in [1.82, 2.24) is 4.98 Å². The number of aromatic nitrogens is 1. The Morgan fingerprint density at radius 2 is 2.00 bits per heavy atom. The summed E-state index contributed by atoms with van der Waals surface area (Å²) in [6.45, 7) is 1.94. The summed E-state index contributed by atoms with van der Waals surface area (Å²) in [4.78, 5) is 14.2. The first-order valence-electron chi connectivity index (χ1n) is 4.62. The highest BCUT2D eigenvalue weighted by Gasteiger charge is 2.01. The van der Waals surface area contributed by atoms with E-state index in [2.05, 4.69) is 4.98 Å². The van der Waals surface area contributed by atoms with Crippen LogP contribution < -0.4 is 5.43 Å². The van der Waals surface area contributed by atoms with E-state index in [0.717, 1.165) is 16.8 Å². The molecule has 0 saturated carbocycles. The van der Waals surface area contributed by atoms with Gasteiger partial charge in [-0.15, -0.1) is 0 Å². The monoisotopic (exact) mass is 219 g/mol. The molecule has 0 amide bonds. The summed E-state index contributed by atoms with van der Waals surface area (Å²) in [7, 11) is 0. The molecule has 0 unspecified atom stereocenters. The molecule has 2 rings (SSSR count). The van der Waals surface area contributed by atoms with Crippen LogP contribution in [0, 0.1) is 6.92 Å². The highest BCUT2D eigenvalue weighted by atomic mass is 35.5. The van der Waals surface area contributed by atoms with Crippen LogP contribution >= 0.6 is 11.6 Å². The third-order valence-corrected chi connectivity index (χ3v) is 2.66. The number of halogens is 1. The third-order valence-electron chi connectivity index (χ3n) is 2.26. The van der Waals surface area contributed by atoms with Gasteiger partial charge >= 0.3 is 0 Å². The summed E-state index contributed by atoms with van der Waals surface area (Å²) in [5.41, 5.74) is 2.71. The Hall–Kier alpha value is -1.54. The first-order valence-corrected chi connectivity index (χ1v) is 5.00. The van der Waals surface area contributed by atoms with Crippen LogP contribution in [0.15, 0.2) is 41.3 Å². The molecule has 1 aromatic heterocycles. The first kappa shape index (κ1) is 9.99. The minimum atomic E-state index is -0.0135. The predicted octanol–water partition coefficient (Wildman–Crippen LogP) is 3.00. The van der Waals surface area contributed by atoms with Crippen molar-refractivity contribution in [3.63, 3.8) is 0 Å². The van der Waals surface area contributed by atoms with Gasteiger partial charge in [0.1, 0.15) is 0 Å². The zero-order chi connectivity index (χ0) is 10.8. The van der Waals surface area contributed by atoms with Crippen molar-refractivity contribution >= 4 is 11.6 Å². The lowest BCUT2D eigenvalue weighted by atomic mass is 10.1. The van der Waals surface area contributed by atoms with Crippen LogP contribution in [0.3, 0.4) is 0 Å². The van der Waals surface area contributed by atoms with Crippen molar-refractivity contribution in [1.29, 1.82) is 0 Å². The number of H-pyrrole nitrogens is 1. The average Bonchev–Trinajstić information content (AvgIpc) is 2.22. The summed E-state index contributed by atoms with van der Waals surface area (Å²) < 4.78 is 0. The van der Waals surface area contributed by atoms with Gasteiger partial charge in [-0.2, -0.15) is 0 Å². The van der Waals surface area contributed by atoms with Crippen LogP contribution in [-0.4, -0.2) is 4.98 Å². The fourth-order valence-corrected chi connectivity index (χ4v) is 1.55. The van der Waals surface area contributed by atoms with Gasteiger partial charge in [0.05, 0.1) is 0 Å². The minimum Gasteiger partial charge on any atom is -0.361 e. The second kappa shape index (κ2) is 3.91. The standard InChI is InChI=1S/C12H10ClNO/c1-8-2-3-9(6-11(8)13)12-7-10(15)4-5-14-12/h2-7H,1H3,(H,14,15). The number of aromatic amines is 1. The molecule has 0 aliphatic carbocycles. The average molecular weight is 220 g/mol. The number of hydrogen-bond donors (Lipinski definition) is 1. The number of rotatable bonds is 1. The molecule has 0 aliphatic rings. The molecule has 1 N–H and O–H groups in total. The lowest BCUT2D eigenvalue weighted by molar-refractivity contribution is 1.30. The Balaban J connectivity index is 2.55. The van der Waals surface area contributed by atoms with Gasteiger partial charge in [-0.25, -0.2) is 0 Å². The lowest BCUT2D eigenvalue weighted by Crippen LogP contribution is -1.97. The van der Waals surface area contributed by atoms with E-state index in [-0.39, 0.29) is 5.43 Å². The number of benzene rings is 1. The zero-order valence-electron chi connectivity index (χ0n) is 8.25. The van der Waals surface area contributed by atoms with Crippen LogP contribution in [0.4, 0.5) is 0 Å². The molecule has 1 heterocycles. The molecular formula is C12H10ClNO. The third kappa shape index (κ3) is 2.10. The van der Waals surface area contributed by atoms with E-state index in [1.54, 1.807) is 12.3 Å². The fraction of sp³-hybridized carbons (Fsp3) is 0.0833. The molecule has 0 fully saturated rings. The summed E-state index contributed by atoms with van der Waals surface area (Å²) in [6.07, 6.45) is 1.63. The van der Waals surface area contributed by atoms with Gasteiger partial charge in [-0.1, -0.05) is 23.7 Å². The SMILES string of the molecule is Cc1ccc(-c2cc(=O)cc[nH]2)cc1Cl. The van der Waals surface area contributed by atoms with Gasteiger partial charge in [-0.3, -0.25) is 4.79 Å².